The van der Waals surface area contributed by atoms with Crippen LogP contribution in [0.15, 0.2) is 66.1 Å². The van der Waals surface area contributed by atoms with Crippen LogP contribution >= 0.6 is 11.3 Å². The zero-order valence-electron chi connectivity index (χ0n) is 27.0. The Bertz CT molecular complexity index is 2010. The van der Waals surface area contributed by atoms with E-state index in [9.17, 15) is 17.2 Å². The number of hydrogen-bond donors (Lipinski definition) is 3. The molecule has 0 amide bonds. The number of nitrogens with zero attached hydrogens (tertiary/aromatic N) is 3. The van der Waals surface area contributed by atoms with E-state index in [0.29, 0.717) is 39.7 Å². The fraction of sp³-hybridized carbons (Fsp3) is 0.281. The number of nitrogens with one attached hydrogen (secondary N) is 3. The average Bonchev–Trinajstić information content (AvgIpc) is 3.67. The Hall–Kier alpha value is -4.34. The van der Waals surface area contributed by atoms with Crippen molar-refractivity contribution in [3.8, 4) is 33.2 Å². The Morgan fingerprint density at radius 2 is 1.81 bits per heavy atom. The van der Waals surface area contributed by atoms with Gasteiger partial charge in [0.25, 0.3) is 18.3 Å². The van der Waals surface area contributed by atoms with Crippen molar-refractivity contribution in [2.45, 2.75) is 57.4 Å². The molecule has 3 aromatic heterocycles. The van der Waals surface area contributed by atoms with Gasteiger partial charge in [0.2, 0.25) is 0 Å². The lowest BCUT2D eigenvalue weighted by atomic mass is 10.1. The van der Waals surface area contributed by atoms with Crippen molar-refractivity contribution >= 4 is 40.5 Å². The molecule has 10 nitrogen and oxygen atoms in total. The summed E-state index contributed by atoms with van der Waals surface area (Å²) < 4.78 is 69.5. The van der Waals surface area contributed by atoms with Crippen LogP contribution in [0.3, 0.4) is 0 Å². The first-order valence-electron chi connectivity index (χ1n) is 14.6. The minimum Gasteiger partial charge on any atom is -0.541 e. The van der Waals surface area contributed by atoms with E-state index in [-0.39, 0.29) is 26.5 Å². The number of H-pyrrole nitrogens is 1. The molecule has 0 spiro atoms. The molecule has 248 valence electrons. The summed E-state index contributed by atoms with van der Waals surface area (Å²) >= 11 is 1.03. The monoisotopic (exact) mass is 698 g/mol. The number of sulfonamides is 1. The third-order valence-electron chi connectivity index (χ3n) is 8.01. The number of para-hydroxylation sites is 1. The van der Waals surface area contributed by atoms with Crippen molar-refractivity contribution in [3.63, 3.8) is 0 Å². The first-order chi connectivity index (χ1) is 22.1. The topological polar surface area (TPSA) is 131 Å². The third-order valence-corrected chi connectivity index (χ3v) is 14.9. The highest BCUT2D eigenvalue weighted by Gasteiger charge is 2.40. The van der Waals surface area contributed by atoms with E-state index in [1.807, 2.05) is 18.2 Å². The van der Waals surface area contributed by atoms with Gasteiger partial charge in [-0.3, -0.25) is 9.82 Å². The molecule has 0 aliphatic heterocycles. The SMILES string of the molecule is COc1cccc(CNc2cnc(S(=O)(=O)Nc3nc(-c4ccc(F)c(F)c4)c(-c4cn[nH]c4)s3)c(C)c2)c1O[Si](C)(C)C(C)(C)C. The quantitative estimate of drug-likeness (QED) is 0.118. The van der Waals surface area contributed by atoms with Crippen LogP contribution in [0.4, 0.5) is 19.6 Å². The molecule has 3 N–H and O–H groups in total. The molecular weight excluding hydrogens is 663 g/mol. The summed E-state index contributed by atoms with van der Waals surface area (Å²) in [5.74, 6) is -0.724. The van der Waals surface area contributed by atoms with Gasteiger partial charge in [0.1, 0.15) is 0 Å². The number of ether oxygens (including phenoxy) is 1. The summed E-state index contributed by atoms with van der Waals surface area (Å²) in [7, 11) is -4.75. The van der Waals surface area contributed by atoms with Gasteiger partial charge in [0.15, 0.2) is 33.3 Å². The van der Waals surface area contributed by atoms with Gasteiger partial charge in [0, 0.05) is 29.4 Å². The van der Waals surface area contributed by atoms with Crippen molar-refractivity contribution < 1.29 is 26.4 Å². The fourth-order valence-corrected chi connectivity index (χ4v) is 7.87. The first kappa shape index (κ1) is 34.0. The Kier molecular flexibility index (Phi) is 9.44. The van der Waals surface area contributed by atoms with Crippen LogP contribution in [-0.4, -0.2) is 44.0 Å². The zero-order valence-corrected chi connectivity index (χ0v) is 29.7. The number of aromatic nitrogens is 4. The van der Waals surface area contributed by atoms with E-state index in [4.69, 9.17) is 9.16 Å². The number of thiazole rings is 1. The molecule has 0 aliphatic rings. The maximum absolute atomic E-state index is 14.1. The lowest BCUT2D eigenvalue weighted by molar-refractivity contribution is 0.384. The summed E-state index contributed by atoms with van der Waals surface area (Å²) in [6.07, 6.45) is 4.57. The molecule has 0 aliphatic carbocycles. The number of methoxy groups -OCH3 is 1. The van der Waals surface area contributed by atoms with Crippen LogP contribution in [0.1, 0.15) is 31.9 Å². The van der Waals surface area contributed by atoms with Gasteiger partial charge in [-0.15, -0.1) is 0 Å². The van der Waals surface area contributed by atoms with Crippen LogP contribution in [-0.2, 0) is 16.6 Å². The van der Waals surface area contributed by atoms with Crippen LogP contribution < -0.4 is 19.2 Å². The molecule has 0 bridgehead atoms. The number of aromatic amines is 1. The zero-order chi connectivity index (χ0) is 34.1. The number of rotatable bonds is 11. The summed E-state index contributed by atoms with van der Waals surface area (Å²) in [6.45, 7) is 12.9. The van der Waals surface area contributed by atoms with Gasteiger partial charge in [0.05, 0.1) is 35.8 Å². The molecule has 0 saturated heterocycles. The van der Waals surface area contributed by atoms with Crippen LogP contribution in [0.25, 0.3) is 21.7 Å². The smallest absolute Gasteiger partial charge is 0.281 e. The highest BCUT2D eigenvalue weighted by atomic mass is 32.2. The summed E-state index contributed by atoms with van der Waals surface area (Å²) in [6, 6.07) is 10.8. The summed E-state index contributed by atoms with van der Waals surface area (Å²) in [5, 5.41) is 9.79. The molecule has 47 heavy (non-hydrogen) atoms. The molecule has 0 fully saturated rings. The third kappa shape index (κ3) is 7.31. The van der Waals surface area contributed by atoms with E-state index < -0.39 is 30.0 Å². The average molecular weight is 699 g/mol. The lowest BCUT2D eigenvalue weighted by Crippen LogP contribution is -2.44. The normalized spacial score (nSPS) is 12.2. The van der Waals surface area contributed by atoms with E-state index in [1.165, 1.54) is 18.5 Å². The maximum Gasteiger partial charge on any atom is 0.281 e. The van der Waals surface area contributed by atoms with E-state index in [0.717, 1.165) is 29.0 Å². The molecule has 0 unspecified atom stereocenters. The second kappa shape index (κ2) is 13.0. The Labute approximate surface area is 277 Å². The van der Waals surface area contributed by atoms with E-state index >= 15 is 0 Å². The minimum absolute atomic E-state index is 0.0190. The number of aryl methyl sites for hydroxylation is 1. The maximum atomic E-state index is 14.1. The summed E-state index contributed by atoms with van der Waals surface area (Å²) in [5.41, 5.74) is 3.05. The first-order valence-corrected chi connectivity index (χ1v) is 19.8. The Balaban J connectivity index is 1.38. The molecule has 0 atom stereocenters. The highest BCUT2D eigenvalue weighted by Crippen LogP contribution is 2.42. The van der Waals surface area contributed by atoms with Crippen molar-refractivity contribution in [1.82, 2.24) is 20.2 Å². The Morgan fingerprint density at radius 3 is 2.45 bits per heavy atom. The second-order valence-corrected chi connectivity index (χ2v) is 19.8. The van der Waals surface area contributed by atoms with E-state index in [1.54, 1.807) is 26.3 Å². The van der Waals surface area contributed by atoms with Crippen LogP contribution in [0.5, 0.6) is 11.5 Å². The van der Waals surface area contributed by atoms with Gasteiger partial charge in [-0.1, -0.05) is 44.2 Å². The van der Waals surface area contributed by atoms with Crippen molar-refractivity contribution in [1.29, 1.82) is 0 Å². The van der Waals surface area contributed by atoms with Gasteiger partial charge < -0.3 is 14.5 Å². The van der Waals surface area contributed by atoms with Crippen LogP contribution in [0, 0.1) is 18.6 Å². The van der Waals surface area contributed by atoms with Gasteiger partial charge >= 0.3 is 0 Å². The molecule has 5 aromatic rings. The second-order valence-electron chi connectivity index (χ2n) is 12.4. The molecular formula is C32H36F2N6O4S2Si. The molecule has 3 heterocycles. The Morgan fingerprint density at radius 1 is 1.04 bits per heavy atom. The lowest BCUT2D eigenvalue weighted by Gasteiger charge is -2.37. The molecule has 2 aromatic carbocycles. The number of pyridine rings is 1. The molecule has 5 rings (SSSR count). The van der Waals surface area contributed by atoms with E-state index in [2.05, 4.69) is 64.1 Å². The molecule has 0 saturated carbocycles. The van der Waals surface area contributed by atoms with Crippen molar-refractivity contribution in [2.75, 3.05) is 17.1 Å². The number of hydrogen-bond acceptors (Lipinski definition) is 9. The predicted molar refractivity (Wildman–Crippen MR) is 183 cm³/mol. The van der Waals surface area contributed by atoms with Crippen LogP contribution in [0.2, 0.25) is 18.1 Å². The van der Waals surface area contributed by atoms with Gasteiger partial charge in [-0.2, -0.15) is 13.5 Å². The molecule has 15 heteroatoms. The number of anilines is 2. The van der Waals surface area contributed by atoms with Gasteiger partial charge in [-0.25, -0.2) is 18.7 Å². The minimum atomic E-state index is -4.18. The number of benzene rings is 2. The molecule has 0 radical (unpaired) electrons. The van der Waals surface area contributed by atoms with Gasteiger partial charge in [-0.05, 0) is 61.0 Å². The van der Waals surface area contributed by atoms with Crippen molar-refractivity contribution in [3.05, 3.63) is 83.8 Å². The largest absolute Gasteiger partial charge is 0.541 e. The fourth-order valence-electron chi connectivity index (χ4n) is 4.46. The summed E-state index contributed by atoms with van der Waals surface area (Å²) in [4.78, 5) is 9.22. The standard InChI is InChI=1S/C32H36F2N6O4S2Si/c1-19-13-23(35-15-21-9-8-10-26(43-5)28(21)44-47(6,7)32(2,3)4)18-36-30(19)46(41,42)40-31-39-27(20-11-12-24(33)25(34)14-20)29(45-31)22-16-37-38-17-22/h8-14,16-18,35H,15H2,1-7H3,(H,37,38)(H,39,40). The van der Waals surface area contributed by atoms with Crippen molar-refractivity contribution in [2.24, 2.45) is 0 Å². The highest BCUT2D eigenvalue weighted by molar-refractivity contribution is 7.92. The predicted octanol–water partition coefficient (Wildman–Crippen LogP) is 7.99. The number of halogens is 2.